The van der Waals surface area contributed by atoms with Crippen LogP contribution in [0, 0.1) is 11.8 Å². The van der Waals surface area contributed by atoms with E-state index >= 15 is 0 Å². The molecule has 0 bridgehead atoms. The molecule has 15 heavy (non-hydrogen) atoms. The first-order chi connectivity index (χ1) is 7.11. The lowest BCUT2D eigenvalue weighted by Gasteiger charge is -2.23. The van der Waals surface area contributed by atoms with E-state index in [1.54, 1.807) is 7.11 Å². The minimum atomic E-state index is 0.615. The smallest absolute Gasteiger partial charge is 0.0465 e. The van der Waals surface area contributed by atoms with Crippen LogP contribution in [0.5, 0.6) is 0 Å². The zero-order chi connectivity index (χ0) is 11.7. The van der Waals surface area contributed by atoms with Crippen LogP contribution in [0.3, 0.4) is 0 Å². The molecule has 2 unspecified atom stereocenters. The molecule has 0 saturated heterocycles. The SMILES string of the molecule is CNC(CSCC(C)C)C(C)CCOC. The van der Waals surface area contributed by atoms with Crippen molar-refractivity contribution in [3.8, 4) is 0 Å². The summed E-state index contributed by atoms with van der Waals surface area (Å²) >= 11 is 2.05. The van der Waals surface area contributed by atoms with Gasteiger partial charge in [-0.15, -0.1) is 0 Å². The summed E-state index contributed by atoms with van der Waals surface area (Å²) in [6.45, 7) is 7.72. The quantitative estimate of drug-likeness (QED) is 0.661. The zero-order valence-electron chi connectivity index (χ0n) is 10.9. The standard InChI is InChI=1S/C12H27NOS/c1-10(2)8-15-9-12(13-4)11(3)6-7-14-5/h10-13H,6-9H2,1-5H3. The third kappa shape index (κ3) is 8.12. The van der Waals surface area contributed by atoms with E-state index in [2.05, 4.69) is 44.9 Å². The molecule has 0 amide bonds. The Kier molecular flexibility index (Phi) is 9.66. The molecule has 0 aromatic rings. The van der Waals surface area contributed by atoms with Gasteiger partial charge in [-0.3, -0.25) is 0 Å². The summed E-state index contributed by atoms with van der Waals surface area (Å²) < 4.78 is 5.12. The fourth-order valence-corrected chi connectivity index (χ4v) is 2.82. The molecule has 1 N–H and O–H groups in total. The third-order valence-electron chi connectivity index (χ3n) is 2.58. The van der Waals surface area contributed by atoms with Gasteiger partial charge in [0.25, 0.3) is 0 Å². The van der Waals surface area contributed by atoms with Gasteiger partial charge >= 0.3 is 0 Å². The second kappa shape index (κ2) is 9.49. The lowest BCUT2D eigenvalue weighted by molar-refractivity contribution is 0.173. The first-order valence-corrected chi connectivity index (χ1v) is 7.01. The van der Waals surface area contributed by atoms with E-state index in [0.717, 1.165) is 18.9 Å². The molecule has 2 nitrogen and oxygen atoms in total. The van der Waals surface area contributed by atoms with Crippen molar-refractivity contribution in [2.75, 3.05) is 32.3 Å². The Morgan fingerprint density at radius 3 is 2.33 bits per heavy atom. The molecule has 0 fully saturated rings. The first-order valence-electron chi connectivity index (χ1n) is 5.85. The number of thioether (sulfide) groups is 1. The number of ether oxygens (including phenoxy) is 1. The zero-order valence-corrected chi connectivity index (χ0v) is 11.7. The van der Waals surface area contributed by atoms with Crippen LogP contribution in [0.1, 0.15) is 27.2 Å². The van der Waals surface area contributed by atoms with Gasteiger partial charge in [0, 0.05) is 25.5 Å². The van der Waals surface area contributed by atoms with Gasteiger partial charge in [0.1, 0.15) is 0 Å². The normalized spacial score (nSPS) is 15.6. The Hall–Kier alpha value is 0.270. The highest BCUT2D eigenvalue weighted by atomic mass is 32.2. The minimum Gasteiger partial charge on any atom is -0.385 e. The van der Waals surface area contributed by atoms with Gasteiger partial charge < -0.3 is 10.1 Å². The predicted octanol–water partition coefficient (Wildman–Crippen LogP) is 2.64. The highest BCUT2D eigenvalue weighted by Crippen LogP contribution is 2.15. The van der Waals surface area contributed by atoms with Crippen molar-refractivity contribution < 1.29 is 4.74 Å². The summed E-state index contributed by atoms with van der Waals surface area (Å²) in [6.07, 6.45) is 1.14. The monoisotopic (exact) mass is 233 g/mol. The predicted molar refractivity (Wildman–Crippen MR) is 70.7 cm³/mol. The van der Waals surface area contributed by atoms with Crippen LogP contribution in [0.2, 0.25) is 0 Å². The topological polar surface area (TPSA) is 21.3 Å². The Balaban J connectivity index is 3.69. The molecule has 0 aliphatic carbocycles. The number of hydrogen-bond donors (Lipinski definition) is 1. The van der Waals surface area contributed by atoms with E-state index in [4.69, 9.17) is 4.74 Å². The summed E-state index contributed by atoms with van der Waals surface area (Å²) in [5.41, 5.74) is 0. The fraction of sp³-hybridized carbons (Fsp3) is 1.00. The molecule has 0 saturated carbocycles. The van der Waals surface area contributed by atoms with Crippen molar-refractivity contribution in [2.45, 2.75) is 33.2 Å². The Morgan fingerprint density at radius 1 is 1.20 bits per heavy atom. The number of methoxy groups -OCH3 is 1. The second-order valence-corrected chi connectivity index (χ2v) is 5.66. The minimum absolute atomic E-state index is 0.615. The summed E-state index contributed by atoms with van der Waals surface area (Å²) in [6, 6.07) is 0.615. The van der Waals surface area contributed by atoms with Gasteiger partial charge in [-0.05, 0) is 31.1 Å². The molecule has 0 rings (SSSR count). The summed E-state index contributed by atoms with van der Waals surface area (Å²) in [4.78, 5) is 0. The number of rotatable bonds is 9. The average molecular weight is 233 g/mol. The van der Waals surface area contributed by atoms with Crippen LogP contribution in [0.15, 0.2) is 0 Å². The van der Waals surface area contributed by atoms with E-state index in [1.165, 1.54) is 11.5 Å². The van der Waals surface area contributed by atoms with Gasteiger partial charge in [0.05, 0.1) is 0 Å². The van der Waals surface area contributed by atoms with Crippen molar-refractivity contribution >= 4 is 11.8 Å². The van der Waals surface area contributed by atoms with Crippen LogP contribution < -0.4 is 5.32 Å². The molecule has 2 atom stereocenters. The van der Waals surface area contributed by atoms with Crippen molar-refractivity contribution in [3.05, 3.63) is 0 Å². The molecule has 0 aliphatic heterocycles. The summed E-state index contributed by atoms with van der Waals surface area (Å²) in [5, 5.41) is 3.41. The molecular formula is C12H27NOS. The largest absolute Gasteiger partial charge is 0.385 e. The van der Waals surface area contributed by atoms with Gasteiger partial charge in [0.15, 0.2) is 0 Å². The maximum absolute atomic E-state index is 5.12. The van der Waals surface area contributed by atoms with E-state index < -0.39 is 0 Å². The molecule has 0 aromatic heterocycles. The molecule has 0 radical (unpaired) electrons. The second-order valence-electron chi connectivity index (χ2n) is 4.59. The van der Waals surface area contributed by atoms with E-state index in [0.29, 0.717) is 12.0 Å². The van der Waals surface area contributed by atoms with Crippen LogP contribution in [0.4, 0.5) is 0 Å². The van der Waals surface area contributed by atoms with Crippen molar-refractivity contribution in [1.29, 1.82) is 0 Å². The van der Waals surface area contributed by atoms with Gasteiger partial charge in [-0.1, -0.05) is 20.8 Å². The molecule has 0 spiro atoms. The summed E-state index contributed by atoms with van der Waals surface area (Å²) in [7, 11) is 3.83. The Labute approximate surface area is 99.5 Å². The summed E-state index contributed by atoms with van der Waals surface area (Å²) in [5.74, 6) is 3.95. The average Bonchev–Trinajstić information content (AvgIpc) is 2.20. The maximum atomic E-state index is 5.12. The van der Waals surface area contributed by atoms with E-state index in [-0.39, 0.29) is 0 Å². The van der Waals surface area contributed by atoms with Crippen molar-refractivity contribution in [2.24, 2.45) is 11.8 Å². The van der Waals surface area contributed by atoms with Gasteiger partial charge in [-0.2, -0.15) is 11.8 Å². The fourth-order valence-electron chi connectivity index (χ4n) is 1.47. The van der Waals surface area contributed by atoms with Crippen molar-refractivity contribution in [1.82, 2.24) is 5.32 Å². The lowest BCUT2D eigenvalue weighted by Crippen LogP contribution is -2.35. The van der Waals surface area contributed by atoms with Crippen LogP contribution in [-0.2, 0) is 4.74 Å². The van der Waals surface area contributed by atoms with Gasteiger partial charge in [0.2, 0.25) is 0 Å². The number of hydrogen-bond acceptors (Lipinski definition) is 3. The molecule has 0 aromatic carbocycles. The first kappa shape index (κ1) is 15.3. The molecule has 92 valence electrons. The maximum Gasteiger partial charge on any atom is 0.0465 e. The Bertz CT molecular complexity index is 142. The van der Waals surface area contributed by atoms with Crippen LogP contribution in [-0.4, -0.2) is 38.3 Å². The van der Waals surface area contributed by atoms with Gasteiger partial charge in [-0.25, -0.2) is 0 Å². The molecular weight excluding hydrogens is 206 g/mol. The molecule has 0 aliphatic rings. The highest BCUT2D eigenvalue weighted by Gasteiger charge is 2.15. The van der Waals surface area contributed by atoms with E-state index in [9.17, 15) is 0 Å². The number of nitrogens with one attached hydrogen (secondary N) is 1. The lowest BCUT2D eigenvalue weighted by atomic mass is 10.0. The van der Waals surface area contributed by atoms with E-state index in [1.807, 2.05) is 0 Å². The molecule has 0 heterocycles. The third-order valence-corrected chi connectivity index (χ3v) is 4.08. The van der Waals surface area contributed by atoms with Crippen molar-refractivity contribution in [3.63, 3.8) is 0 Å². The molecule has 3 heteroatoms. The van der Waals surface area contributed by atoms with Crippen LogP contribution >= 0.6 is 11.8 Å². The highest BCUT2D eigenvalue weighted by molar-refractivity contribution is 7.99. The van der Waals surface area contributed by atoms with Crippen LogP contribution in [0.25, 0.3) is 0 Å². The Morgan fingerprint density at radius 2 is 1.87 bits per heavy atom.